The van der Waals surface area contributed by atoms with Gasteiger partial charge in [-0.05, 0) is 24.5 Å². The summed E-state index contributed by atoms with van der Waals surface area (Å²) in [6.07, 6.45) is 1.75. The van der Waals surface area contributed by atoms with Crippen molar-refractivity contribution >= 4 is 45.1 Å². The number of carbonyl (C=O) groups excluding carboxylic acids is 1. The number of halogens is 1. The van der Waals surface area contributed by atoms with Gasteiger partial charge in [0.1, 0.15) is 11.4 Å². The first-order valence-electron chi connectivity index (χ1n) is 6.55. The fourth-order valence-electron chi connectivity index (χ4n) is 2.63. The molecule has 4 N–H and O–H groups in total. The summed E-state index contributed by atoms with van der Waals surface area (Å²) < 4.78 is 1.92. The van der Waals surface area contributed by atoms with Gasteiger partial charge in [0.25, 0.3) is 11.5 Å². The summed E-state index contributed by atoms with van der Waals surface area (Å²) >= 11 is 4.54. The molecule has 2 heterocycles. The number of aromatic nitrogens is 2. The van der Waals surface area contributed by atoms with Gasteiger partial charge in [-0.25, -0.2) is 4.98 Å². The number of nitrogens with zero attached hydrogens (tertiary/aromatic N) is 2. The molecule has 0 radical (unpaired) electrons. The molecule has 1 amide bonds. The van der Waals surface area contributed by atoms with E-state index in [4.69, 9.17) is 5.73 Å². The Kier molecular flexibility index (Phi) is 3.74. The lowest BCUT2D eigenvalue weighted by Gasteiger charge is -2.23. The van der Waals surface area contributed by atoms with Crippen LogP contribution in [0.25, 0.3) is 0 Å². The van der Waals surface area contributed by atoms with Crippen molar-refractivity contribution in [1.82, 2.24) is 9.55 Å². The van der Waals surface area contributed by atoms with E-state index in [-0.39, 0.29) is 16.9 Å². The molecule has 0 saturated heterocycles. The van der Waals surface area contributed by atoms with Crippen LogP contribution >= 0.6 is 27.7 Å². The zero-order valence-electron chi connectivity index (χ0n) is 12.3. The van der Waals surface area contributed by atoms with Gasteiger partial charge >= 0.3 is 0 Å². The van der Waals surface area contributed by atoms with Gasteiger partial charge in [-0.1, -0.05) is 27.7 Å². The van der Waals surface area contributed by atoms with Crippen molar-refractivity contribution in [2.45, 2.75) is 10.8 Å². The van der Waals surface area contributed by atoms with Gasteiger partial charge in [-0.3, -0.25) is 14.2 Å². The fourth-order valence-corrected chi connectivity index (χ4v) is 3.54. The molecule has 120 valence electrons. The normalized spacial score (nSPS) is 19.6. The van der Waals surface area contributed by atoms with E-state index in [2.05, 4.69) is 26.2 Å². The van der Waals surface area contributed by atoms with Crippen molar-refractivity contribution in [3.8, 4) is 0 Å². The van der Waals surface area contributed by atoms with Crippen LogP contribution in [0.15, 0.2) is 32.6 Å². The van der Waals surface area contributed by atoms with E-state index in [9.17, 15) is 14.7 Å². The quantitative estimate of drug-likeness (QED) is 0.516. The molecule has 0 bridgehead atoms. The molecule has 1 aromatic heterocycles. The van der Waals surface area contributed by atoms with Gasteiger partial charge in [0.05, 0.1) is 0 Å². The number of rotatable bonds is 2. The number of thioether (sulfide) groups is 1. The third kappa shape index (κ3) is 2.19. The monoisotopic (exact) mass is 396 g/mol. The Morgan fingerprint density at radius 3 is 2.78 bits per heavy atom. The van der Waals surface area contributed by atoms with Crippen molar-refractivity contribution in [3.63, 3.8) is 0 Å². The predicted octanol–water partition coefficient (Wildman–Crippen LogP) is 1.03. The van der Waals surface area contributed by atoms with Crippen molar-refractivity contribution in [1.29, 1.82) is 0 Å². The Hall–Kier alpha value is -1.84. The maximum atomic E-state index is 12.7. The summed E-state index contributed by atoms with van der Waals surface area (Å²) in [5.74, 6) is -0.893. The third-order valence-corrected chi connectivity index (χ3v) is 4.99. The molecule has 0 spiro atoms. The standard InChI is InChI=1S/C14H13BrN4O3S/c1-19-11(20)9(10(16)18-13(19)23-2)14(22)7-5-6(15)3-4-8(7)17-12(14)21/h3-5,22H,16H2,1-2H3,(H,17,21). The second kappa shape index (κ2) is 5.36. The highest BCUT2D eigenvalue weighted by atomic mass is 79.9. The number of amides is 1. The average molecular weight is 397 g/mol. The fraction of sp³-hybridized carbons (Fsp3) is 0.214. The Bertz CT molecular complexity index is 898. The van der Waals surface area contributed by atoms with Crippen molar-refractivity contribution in [2.75, 3.05) is 17.3 Å². The molecule has 0 fully saturated rings. The summed E-state index contributed by atoms with van der Waals surface area (Å²) in [7, 11) is 1.52. The number of anilines is 2. The summed E-state index contributed by atoms with van der Waals surface area (Å²) in [6, 6.07) is 4.94. The van der Waals surface area contributed by atoms with Crippen LogP contribution in [0, 0.1) is 0 Å². The lowest BCUT2D eigenvalue weighted by molar-refractivity contribution is -0.129. The van der Waals surface area contributed by atoms with Crippen LogP contribution in [0.5, 0.6) is 0 Å². The second-order valence-electron chi connectivity index (χ2n) is 5.08. The molecule has 1 aliphatic heterocycles. The largest absolute Gasteiger partial charge is 0.383 e. The number of nitrogen functional groups attached to an aromatic ring is 1. The molecule has 1 aliphatic rings. The first-order valence-corrected chi connectivity index (χ1v) is 8.57. The van der Waals surface area contributed by atoms with E-state index in [1.54, 1.807) is 24.5 Å². The highest BCUT2D eigenvalue weighted by Gasteiger charge is 2.50. The van der Waals surface area contributed by atoms with Crippen LogP contribution in [0.4, 0.5) is 11.5 Å². The Morgan fingerprint density at radius 1 is 1.43 bits per heavy atom. The lowest BCUT2D eigenvalue weighted by atomic mass is 9.88. The van der Waals surface area contributed by atoms with Gasteiger partial charge in [0.2, 0.25) is 5.60 Å². The number of nitrogens with one attached hydrogen (secondary N) is 1. The SMILES string of the molecule is CSc1nc(N)c(C2(O)C(=O)Nc3ccc(Br)cc32)c(=O)n1C. The lowest BCUT2D eigenvalue weighted by Crippen LogP contribution is -2.43. The van der Waals surface area contributed by atoms with E-state index in [0.717, 1.165) is 0 Å². The molecule has 3 rings (SSSR count). The molecule has 1 unspecified atom stereocenters. The Balaban J connectivity index is 2.36. The van der Waals surface area contributed by atoms with Gasteiger partial charge in [0, 0.05) is 22.8 Å². The van der Waals surface area contributed by atoms with Gasteiger partial charge in [-0.2, -0.15) is 0 Å². The number of aliphatic hydroxyl groups is 1. The molecule has 1 aromatic carbocycles. The first-order chi connectivity index (χ1) is 10.8. The van der Waals surface area contributed by atoms with Crippen LogP contribution in [-0.4, -0.2) is 26.8 Å². The number of benzene rings is 1. The topological polar surface area (TPSA) is 110 Å². The molecule has 1 atom stereocenters. The minimum atomic E-state index is -2.18. The van der Waals surface area contributed by atoms with Gasteiger partial charge in [-0.15, -0.1) is 0 Å². The molecule has 0 aliphatic carbocycles. The molecular weight excluding hydrogens is 384 g/mol. The van der Waals surface area contributed by atoms with Crippen LogP contribution < -0.4 is 16.6 Å². The second-order valence-corrected chi connectivity index (χ2v) is 6.77. The zero-order valence-corrected chi connectivity index (χ0v) is 14.7. The van der Waals surface area contributed by atoms with Gasteiger partial charge < -0.3 is 16.2 Å². The molecule has 0 saturated carbocycles. The maximum Gasteiger partial charge on any atom is 0.266 e. The smallest absolute Gasteiger partial charge is 0.266 e. The average Bonchev–Trinajstić information content (AvgIpc) is 2.75. The van der Waals surface area contributed by atoms with Crippen molar-refractivity contribution < 1.29 is 9.90 Å². The van der Waals surface area contributed by atoms with E-state index in [0.29, 0.717) is 15.3 Å². The molecule has 9 heteroatoms. The molecule has 7 nitrogen and oxygen atoms in total. The van der Waals surface area contributed by atoms with E-state index < -0.39 is 17.1 Å². The molecular formula is C14H13BrN4O3S. The molecule has 2 aromatic rings. The first kappa shape index (κ1) is 16.0. The number of fused-ring (bicyclic) bond motifs is 1. The maximum absolute atomic E-state index is 12.7. The highest BCUT2D eigenvalue weighted by Crippen LogP contribution is 2.42. The van der Waals surface area contributed by atoms with Crippen molar-refractivity contribution in [2.24, 2.45) is 7.05 Å². The summed E-state index contributed by atoms with van der Waals surface area (Å²) in [4.78, 5) is 29.2. The Morgan fingerprint density at radius 2 is 2.13 bits per heavy atom. The Labute approximate surface area is 144 Å². The van der Waals surface area contributed by atoms with Crippen LogP contribution in [0.1, 0.15) is 11.1 Å². The predicted molar refractivity (Wildman–Crippen MR) is 91.4 cm³/mol. The number of carbonyl (C=O) groups is 1. The zero-order chi connectivity index (χ0) is 16.9. The summed E-state index contributed by atoms with van der Waals surface area (Å²) in [5, 5.41) is 14.1. The summed E-state index contributed by atoms with van der Waals surface area (Å²) in [6.45, 7) is 0. The minimum absolute atomic E-state index is 0.164. The highest BCUT2D eigenvalue weighted by molar-refractivity contribution is 9.10. The van der Waals surface area contributed by atoms with E-state index in [1.807, 2.05) is 0 Å². The van der Waals surface area contributed by atoms with Gasteiger partial charge in [0.15, 0.2) is 5.16 Å². The summed E-state index contributed by atoms with van der Waals surface area (Å²) in [5.41, 5.74) is 3.61. The van der Waals surface area contributed by atoms with Crippen molar-refractivity contribution in [3.05, 3.63) is 44.2 Å². The van der Waals surface area contributed by atoms with Crippen LogP contribution in [0.3, 0.4) is 0 Å². The number of hydrogen-bond donors (Lipinski definition) is 3. The number of nitrogens with two attached hydrogens (primary N) is 1. The molecule has 23 heavy (non-hydrogen) atoms. The third-order valence-electron chi connectivity index (χ3n) is 3.77. The number of hydrogen-bond acceptors (Lipinski definition) is 6. The van der Waals surface area contributed by atoms with Crippen LogP contribution in [-0.2, 0) is 17.4 Å². The minimum Gasteiger partial charge on any atom is -0.383 e. The van der Waals surface area contributed by atoms with Crippen LogP contribution in [0.2, 0.25) is 0 Å². The van der Waals surface area contributed by atoms with E-state index in [1.165, 1.54) is 23.4 Å². The van der Waals surface area contributed by atoms with E-state index >= 15 is 0 Å².